The average Bonchev–Trinajstić information content (AvgIpc) is 3.41. The molecule has 7 nitrogen and oxygen atoms in total. The molecule has 1 aromatic carbocycles. The molecule has 1 heterocycles. The summed E-state index contributed by atoms with van der Waals surface area (Å²) in [4.78, 5) is 12.0. The third-order valence-corrected chi connectivity index (χ3v) is 6.71. The van der Waals surface area contributed by atoms with Crippen LogP contribution in [0.2, 0.25) is 5.02 Å². The number of carbonyl (C=O) groups excluding carboxylic acids is 1. The van der Waals surface area contributed by atoms with Gasteiger partial charge in [-0.3, -0.25) is 9.48 Å². The molecule has 0 saturated heterocycles. The van der Waals surface area contributed by atoms with E-state index in [9.17, 15) is 18.0 Å². The summed E-state index contributed by atoms with van der Waals surface area (Å²) in [6.45, 7) is 0.299. The first-order chi connectivity index (χ1) is 15.1. The maximum Gasteiger partial charge on any atom is 0.406 e. The van der Waals surface area contributed by atoms with Crippen molar-refractivity contribution in [1.82, 2.24) is 15.1 Å². The fourth-order valence-electron chi connectivity index (χ4n) is 4.51. The zero-order chi connectivity index (χ0) is 23.1. The van der Waals surface area contributed by atoms with Crippen molar-refractivity contribution in [3.63, 3.8) is 0 Å². The molecule has 2 fully saturated rings. The maximum atomic E-state index is 13.3. The zero-order valence-corrected chi connectivity index (χ0v) is 18.1. The SMILES string of the molecule is NC[C@H]1C[C@H](NC2(C(F)(F)F)CC2)CC[C@@H]1n1cc(C(N)=O)c(Nc2ccc(Cl)cc2)n1. The van der Waals surface area contributed by atoms with Crippen molar-refractivity contribution in [3.8, 4) is 0 Å². The van der Waals surface area contributed by atoms with Crippen LogP contribution in [-0.2, 0) is 0 Å². The molecule has 6 N–H and O–H groups in total. The maximum absolute atomic E-state index is 13.3. The van der Waals surface area contributed by atoms with E-state index in [4.69, 9.17) is 23.1 Å². The van der Waals surface area contributed by atoms with Crippen molar-refractivity contribution >= 4 is 29.0 Å². The van der Waals surface area contributed by atoms with Crippen LogP contribution in [0.25, 0.3) is 0 Å². The largest absolute Gasteiger partial charge is 0.406 e. The first-order valence-corrected chi connectivity index (χ1v) is 11.0. The minimum absolute atomic E-state index is 0.0886. The molecule has 0 aliphatic heterocycles. The summed E-state index contributed by atoms with van der Waals surface area (Å²) < 4.78 is 41.7. The molecule has 1 amide bonds. The molecule has 0 bridgehead atoms. The number of nitrogens with one attached hydrogen (secondary N) is 2. The third kappa shape index (κ3) is 4.57. The Bertz CT molecular complexity index is 973. The zero-order valence-electron chi connectivity index (χ0n) is 17.3. The lowest BCUT2D eigenvalue weighted by Crippen LogP contribution is -2.52. The molecule has 32 heavy (non-hydrogen) atoms. The van der Waals surface area contributed by atoms with Gasteiger partial charge in [-0.1, -0.05) is 11.6 Å². The van der Waals surface area contributed by atoms with Crippen molar-refractivity contribution < 1.29 is 18.0 Å². The topological polar surface area (TPSA) is 111 Å². The lowest BCUT2D eigenvalue weighted by Gasteiger charge is -2.38. The fourth-order valence-corrected chi connectivity index (χ4v) is 4.64. The van der Waals surface area contributed by atoms with Crippen LogP contribution < -0.4 is 22.1 Å². The Morgan fingerprint density at radius 1 is 1.25 bits per heavy atom. The minimum atomic E-state index is -4.25. The van der Waals surface area contributed by atoms with E-state index in [0.717, 1.165) is 0 Å². The quantitative estimate of drug-likeness (QED) is 0.492. The Morgan fingerprint density at radius 3 is 2.50 bits per heavy atom. The summed E-state index contributed by atoms with van der Waals surface area (Å²) in [5.41, 5.74) is 10.7. The van der Waals surface area contributed by atoms with Crippen LogP contribution in [0.4, 0.5) is 24.7 Å². The van der Waals surface area contributed by atoms with Crippen LogP contribution in [0.15, 0.2) is 30.5 Å². The predicted molar refractivity (Wildman–Crippen MR) is 116 cm³/mol. The summed E-state index contributed by atoms with van der Waals surface area (Å²) in [6, 6.07) is 6.51. The number of carbonyl (C=O) groups is 1. The molecule has 174 valence electrons. The van der Waals surface area contributed by atoms with Crippen LogP contribution in [-0.4, -0.2) is 40.0 Å². The van der Waals surface area contributed by atoms with E-state index in [1.54, 1.807) is 35.1 Å². The number of hydrogen-bond acceptors (Lipinski definition) is 5. The van der Waals surface area contributed by atoms with Gasteiger partial charge in [0.2, 0.25) is 0 Å². The summed E-state index contributed by atoms with van der Waals surface area (Å²) in [5.74, 6) is -0.410. The number of alkyl halides is 3. The van der Waals surface area contributed by atoms with E-state index in [1.807, 2.05) is 0 Å². The predicted octanol–water partition coefficient (Wildman–Crippen LogP) is 3.73. The molecule has 1 aromatic heterocycles. The normalized spacial score (nSPS) is 24.8. The second-order valence-corrected chi connectivity index (χ2v) is 9.10. The number of nitrogens with two attached hydrogens (primary N) is 2. The smallest absolute Gasteiger partial charge is 0.365 e. The number of hydrogen-bond donors (Lipinski definition) is 4. The molecule has 4 rings (SSSR count). The van der Waals surface area contributed by atoms with E-state index >= 15 is 0 Å². The number of anilines is 2. The van der Waals surface area contributed by atoms with Crippen molar-refractivity contribution in [2.45, 2.75) is 55.9 Å². The van der Waals surface area contributed by atoms with Gasteiger partial charge in [0, 0.05) is 22.9 Å². The summed E-state index contributed by atoms with van der Waals surface area (Å²) in [7, 11) is 0. The van der Waals surface area contributed by atoms with Gasteiger partial charge in [0.15, 0.2) is 5.82 Å². The number of amides is 1. The second kappa shape index (κ2) is 8.57. The summed E-state index contributed by atoms with van der Waals surface area (Å²) >= 11 is 5.91. The number of primary amides is 1. The van der Waals surface area contributed by atoms with E-state index in [-0.39, 0.29) is 36.4 Å². The lowest BCUT2D eigenvalue weighted by molar-refractivity contribution is -0.168. The van der Waals surface area contributed by atoms with Gasteiger partial charge in [-0.25, -0.2) is 0 Å². The molecule has 3 atom stereocenters. The average molecular weight is 471 g/mol. The Kier molecular flexibility index (Phi) is 6.12. The second-order valence-electron chi connectivity index (χ2n) is 8.66. The lowest BCUT2D eigenvalue weighted by atomic mass is 9.81. The van der Waals surface area contributed by atoms with Crippen molar-refractivity contribution in [1.29, 1.82) is 0 Å². The van der Waals surface area contributed by atoms with Gasteiger partial charge in [0.1, 0.15) is 11.1 Å². The first-order valence-electron chi connectivity index (χ1n) is 10.6. The van der Waals surface area contributed by atoms with E-state index in [2.05, 4.69) is 15.7 Å². The van der Waals surface area contributed by atoms with Gasteiger partial charge in [-0.05, 0) is 68.8 Å². The van der Waals surface area contributed by atoms with Gasteiger partial charge in [-0.2, -0.15) is 18.3 Å². The summed E-state index contributed by atoms with van der Waals surface area (Å²) in [5, 5.41) is 11.0. The van der Waals surface area contributed by atoms with E-state index in [0.29, 0.717) is 42.3 Å². The molecular formula is C21H26ClF3N6O. The van der Waals surface area contributed by atoms with E-state index in [1.165, 1.54) is 0 Å². The van der Waals surface area contributed by atoms with Crippen LogP contribution in [0.3, 0.4) is 0 Å². The highest BCUT2D eigenvalue weighted by Crippen LogP contribution is 2.50. The van der Waals surface area contributed by atoms with Crippen molar-refractivity contribution in [2.75, 3.05) is 11.9 Å². The van der Waals surface area contributed by atoms with Crippen LogP contribution in [0.5, 0.6) is 0 Å². The molecule has 2 aliphatic carbocycles. The monoisotopic (exact) mass is 470 g/mol. The molecular weight excluding hydrogens is 445 g/mol. The van der Waals surface area contributed by atoms with Gasteiger partial charge in [0.25, 0.3) is 5.91 Å². The van der Waals surface area contributed by atoms with Gasteiger partial charge in [0.05, 0.1) is 6.04 Å². The number of aromatic nitrogens is 2. The van der Waals surface area contributed by atoms with Crippen LogP contribution in [0.1, 0.15) is 48.5 Å². The van der Waals surface area contributed by atoms with Crippen molar-refractivity contribution in [2.24, 2.45) is 17.4 Å². The highest BCUT2D eigenvalue weighted by atomic mass is 35.5. The first kappa shape index (κ1) is 22.9. The van der Waals surface area contributed by atoms with Gasteiger partial charge in [-0.15, -0.1) is 0 Å². The molecule has 2 aromatic rings. The molecule has 11 heteroatoms. The molecule has 0 spiro atoms. The Labute approximate surface area is 188 Å². The number of nitrogens with zero attached hydrogens (tertiary/aromatic N) is 2. The number of benzene rings is 1. The molecule has 0 unspecified atom stereocenters. The summed E-state index contributed by atoms with van der Waals surface area (Å²) in [6.07, 6.45) is -0.777. The highest BCUT2D eigenvalue weighted by molar-refractivity contribution is 6.30. The molecule has 2 aliphatic rings. The molecule has 2 saturated carbocycles. The minimum Gasteiger partial charge on any atom is -0.365 e. The highest BCUT2D eigenvalue weighted by Gasteiger charge is 2.63. The Hall–Kier alpha value is -2.30. The van der Waals surface area contributed by atoms with Crippen LogP contribution >= 0.6 is 11.6 Å². The van der Waals surface area contributed by atoms with Crippen molar-refractivity contribution in [3.05, 3.63) is 41.0 Å². The van der Waals surface area contributed by atoms with E-state index < -0.39 is 17.6 Å². The van der Waals surface area contributed by atoms with Gasteiger partial charge < -0.3 is 22.1 Å². The number of rotatable bonds is 7. The van der Waals surface area contributed by atoms with Crippen LogP contribution in [0, 0.1) is 5.92 Å². The Morgan fingerprint density at radius 2 is 1.94 bits per heavy atom. The standard InChI is InChI=1S/C21H26ClF3N6O/c22-13-1-3-14(4-2-13)28-19-16(18(27)32)11-31(30-19)17-6-5-15(9-12(17)10-26)29-20(7-8-20)21(23,24)25/h1-4,11-12,15,17,29H,5-10,26H2,(H2,27,32)(H,28,30)/t12-,15-,17+/m1/s1. The van der Waals surface area contributed by atoms with Gasteiger partial charge >= 0.3 is 6.18 Å². The Balaban J connectivity index is 1.50. The molecule has 0 radical (unpaired) electrons. The third-order valence-electron chi connectivity index (χ3n) is 6.46. The number of halogens is 4. The fraction of sp³-hybridized carbons (Fsp3) is 0.524.